The van der Waals surface area contributed by atoms with E-state index in [0.717, 1.165) is 5.56 Å². The summed E-state index contributed by atoms with van der Waals surface area (Å²) in [7, 11) is 0. The van der Waals surface area contributed by atoms with Crippen LogP contribution >= 0.6 is 23.8 Å². The molecule has 3 rings (SSSR count). The number of nitrogens with one attached hydrogen (secondary N) is 1. The number of hydrogen-bond acceptors (Lipinski definition) is 3. The van der Waals surface area contributed by atoms with Gasteiger partial charge in [0.1, 0.15) is 5.57 Å². The summed E-state index contributed by atoms with van der Waals surface area (Å²) in [6.07, 6.45) is 1.54. The lowest BCUT2D eigenvalue weighted by Gasteiger charge is -2.28. The minimum absolute atomic E-state index is 0.0275. The minimum atomic E-state index is -0.505. The predicted octanol–water partition coefficient (Wildman–Crippen LogP) is 3.17. The molecular weight excluding hydrogens is 332 g/mol. The molecular formula is C17H11ClN2O2S. The van der Waals surface area contributed by atoms with E-state index in [4.69, 9.17) is 23.8 Å². The Morgan fingerprint density at radius 1 is 1.00 bits per heavy atom. The third-order valence-corrected chi connectivity index (χ3v) is 3.83. The van der Waals surface area contributed by atoms with Crippen LogP contribution in [-0.4, -0.2) is 16.9 Å². The van der Waals surface area contributed by atoms with Crippen LogP contribution in [0.2, 0.25) is 5.02 Å². The maximum absolute atomic E-state index is 12.7. The zero-order chi connectivity index (χ0) is 16.4. The summed E-state index contributed by atoms with van der Waals surface area (Å²) in [4.78, 5) is 26.1. The molecule has 1 aliphatic rings. The molecule has 1 saturated heterocycles. The molecule has 23 heavy (non-hydrogen) atoms. The van der Waals surface area contributed by atoms with Crippen LogP contribution < -0.4 is 10.2 Å². The highest BCUT2D eigenvalue weighted by Gasteiger charge is 2.34. The van der Waals surface area contributed by atoms with Crippen molar-refractivity contribution in [2.24, 2.45) is 0 Å². The first-order valence-corrected chi connectivity index (χ1v) is 7.57. The number of thiocarbonyl (C=S) groups is 1. The van der Waals surface area contributed by atoms with Gasteiger partial charge < -0.3 is 0 Å². The van der Waals surface area contributed by atoms with Gasteiger partial charge in [-0.3, -0.25) is 19.8 Å². The van der Waals surface area contributed by atoms with Crippen LogP contribution in [0.3, 0.4) is 0 Å². The fourth-order valence-electron chi connectivity index (χ4n) is 2.20. The lowest BCUT2D eigenvalue weighted by molar-refractivity contribution is -0.122. The van der Waals surface area contributed by atoms with Gasteiger partial charge in [-0.2, -0.15) is 0 Å². The molecule has 2 amide bonds. The Labute approximate surface area is 143 Å². The van der Waals surface area contributed by atoms with Gasteiger partial charge in [-0.25, -0.2) is 0 Å². The van der Waals surface area contributed by atoms with Gasteiger partial charge in [0.25, 0.3) is 11.8 Å². The summed E-state index contributed by atoms with van der Waals surface area (Å²) in [5.41, 5.74) is 1.33. The van der Waals surface area contributed by atoms with Gasteiger partial charge in [0.15, 0.2) is 5.11 Å². The molecule has 1 fully saturated rings. The van der Waals surface area contributed by atoms with E-state index in [2.05, 4.69) is 5.32 Å². The summed E-state index contributed by atoms with van der Waals surface area (Å²) in [5.74, 6) is -0.973. The fourth-order valence-corrected chi connectivity index (χ4v) is 2.61. The van der Waals surface area contributed by atoms with Gasteiger partial charge in [0.2, 0.25) is 0 Å². The lowest BCUT2D eigenvalue weighted by Crippen LogP contribution is -2.54. The zero-order valence-corrected chi connectivity index (χ0v) is 13.4. The molecule has 114 valence electrons. The van der Waals surface area contributed by atoms with Crippen LogP contribution in [0.25, 0.3) is 6.08 Å². The molecule has 0 unspecified atom stereocenters. The number of nitrogens with zero attached hydrogens (tertiary/aromatic N) is 1. The monoisotopic (exact) mass is 342 g/mol. The fraction of sp³-hybridized carbons (Fsp3) is 0. The first kappa shape index (κ1) is 15.4. The van der Waals surface area contributed by atoms with Gasteiger partial charge in [-0.05, 0) is 48.1 Å². The van der Waals surface area contributed by atoms with Gasteiger partial charge in [0, 0.05) is 5.02 Å². The van der Waals surface area contributed by atoms with Crippen LogP contribution in [0, 0.1) is 0 Å². The molecule has 0 aliphatic carbocycles. The second-order valence-corrected chi connectivity index (χ2v) is 5.67. The average molecular weight is 343 g/mol. The quantitative estimate of drug-likeness (QED) is 0.518. The number of rotatable bonds is 2. The van der Waals surface area contributed by atoms with Crippen molar-refractivity contribution < 1.29 is 9.59 Å². The molecule has 0 aromatic heterocycles. The van der Waals surface area contributed by atoms with E-state index < -0.39 is 11.8 Å². The predicted molar refractivity (Wildman–Crippen MR) is 94.1 cm³/mol. The van der Waals surface area contributed by atoms with E-state index >= 15 is 0 Å². The van der Waals surface area contributed by atoms with E-state index in [1.165, 1.54) is 4.90 Å². The topological polar surface area (TPSA) is 49.4 Å². The Kier molecular flexibility index (Phi) is 4.23. The molecule has 0 atom stereocenters. The Morgan fingerprint density at radius 3 is 2.30 bits per heavy atom. The van der Waals surface area contributed by atoms with Crippen LogP contribution in [0.4, 0.5) is 5.69 Å². The molecule has 1 aliphatic heterocycles. The highest BCUT2D eigenvalue weighted by Crippen LogP contribution is 2.23. The maximum Gasteiger partial charge on any atom is 0.270 e. The van der Waals surface area contributed by atoms with Crippen LogP contribution in [0.1, 0.15) is 5.56 Å². The van der Waals surface area contributed by atoms with Gasteiger partial charge >= 0.3 is 0 Å². The van der Waals surface area contributed by atoms with Crippen LogP contribution in [-0.2, 0) is 9.59 Å². The molecule has 0 bridgehead atoms. The SMILES string of the molecule is O=C1NC(=S)N(c2ccc(Cl)cc2)C(=O)C1=Cc1ccccc1. The molecule has 1 N–H and O–H groups in total. The van der Waals surface area contributed by atoms with Gasteiger partial charge in [-0.1, -0.05) is 41.9 Å². The molecule has 4 nitrogen and oxygen atoms in total. The number of anilines is 1. The molecule has 0 saturated carbocycles. The van der Waals surface area contributed by atoms with Crippen molar-refractivity contribution in [3.63, 3.8) is 0 Å². The van der Waals surface area contributed by atoms with Crippen molar-refractivity contribution in [1.82, 2.24) is 5.32 Å². The average Bonchev–Trinajstić information content (AvgIpc) is 2.54. The third kappa shape index (κ3) is 3.16. The van der Waals surface area contributed by atoms with E-state index in [1.54, 1.807) is 30.3 Å². The Hall–Kier alpha value is -2.50. The van der Waals surface area contributed by atoms with Crippen molar-refractivity contribution in [3.8, 4) is 0 Å². The van der Waals surface area contributed by atoms with E-state index in [1.807, 2.05) is 30.3 Å². The van der Waals surface area contributed by atoms with Crippen molar-refractivity contribution in [2.75, 3.05) is 4.90 Å². The first-order valence-electron chi connectivity index (χ1n) is 6.78. The summed E-state index contributed by atoms with van der Waals surface area (Å²) < 4.78 is 0. The van der Waals surface area contributed by atoms with E-state index in [0.29, 0.717) is 10.7 Å². The van der Waals surface area contributed by atoms with E-state index in [-0.39, 0.29) is 10.7 Å². The van der Waals surface area contributed by atoms with Crippen molar-refractivity contribution >= 4 is 52.5 Å². The second-order valence-electron chi connectivity index (χ2n) is 4.84. The lowest BCUT2D eigenvalue weighted by atomic mass is 10.1. The Bertz CT molecular complexity index is 816. The number of carbonyl (C=O) groups is 2. The normalized spacial score (nSPS) is 16.7. The molecule has 0 spiro atoms. The van der Waals surface area contributed by atoms with Crippen LogP contribution in [0.5, 0.6) is 0 Å². The maximum atomic E-state index is 12.7. The summed E-state index contributed by atoms with van der Waals surface area (Å²) in [6.45, 7) is 0. The number of halogens is 1. The van der Waals surface area contributed by atoms with Gasteiger partial charge in [-0.15, -0.1) is 0 Å². The Morgan fingerprint density at radius 2 is 1.65 bits per heavy atom. The first-order chi connectivity index (χ1) is 11.1. The third-order valence-electron chi connectivity index (χ3n) is 3.30. The molecule has 2 aromatic carbocycles. The largest absolute Gasteiger partial charge is 0.298 e. The highest BCUT2D eigenvalue weighted by molar-refractivity contribution is 7.80. The zero-order valence-electron chi connectivity index (χ0n) is 11.8. The van der Waals surface area contributed by atoms with Crippen molar-refractivity contribution in [1.29, 1.82) is 0 Å². The number of carbonyl (C=O) groups excluding carboxylic acids is 2. The summed E-state index contributed by atoms with van der Waals surface area (Å²) in [6, 6.07) is 15.8. The second kappa shape index (κ2) is 6.32. The molecule has 6 heteroatoms. The van der Waals surface area contributed by atoms with Crippen LogP contribution in [0.15, 0.2) is 60.2 Å². The molecule has 1 heterocycles. The van der Waals surface area contributed by atoms with Gasteiger partial charge in [0.05, 0.1) is 5.69 Å². The van der Waals surface area contributed by atoms with Crippen molar-refractivity contribution in [3.05, 3.63) is 70.8 Å². The molecule has 0 radical (unpaired) electrons. The number of hydrogen-bond donors (Lipinski definition) is 1. The minimum Gasteiger partial charge on any atom is -0.298 e. The highest BCUT2D eigenvalue weighted by atomic mass is 35.5. The standard InChI is InChI=1S/C17H11ClN2O2S/c18-12-6-8-13(9-7-12)20-16(22)14(15(21)19-17(20)23)10-11-4-2-1-3-5-11/h1-10H,(H,19,21,23). The summed E-state index contributed by atoms with van der Waals surface area (Å²) >= 11 is 11.0. The van der Waals surface area contributed by atoms with E-state index in [9.17, 15) is 9.59 Å². The number of benzene rings is 2. The Balaban J connectivity index is 2.01. The smallest absolute Gasteiger partial charge is 0.270 e. The van der Waals surface area contributed by atoms with Crippen molar-refractivity contribution in [2.45, 2.75) is 0 Å². The summed E-state index contributed by atoms with van der Waals surface area (Å²) in [5, 5.41) is 3.14. The molecule has 2 aromatic rings. The number of amides is 2.